The molecule has 162 valence electrons. The minimum atomic E-state index is 0. The van der Waals surface area contributed by atoms with Crippen LogP contribution in [0, 0.1) is 0 Å². The summed E-state index contributed by atoms with van der Waals surface area (Å²) in [6, 6.07) is 8.21. The number of guanidine groups is 1. The molecule has 2 aliphatic heterocycles. The first-order valence-corrected chi connectivity index (χ1v) is 10.4. The Kier molecular flexibility index (Phi) is 9.83. The number of halogens is 1. The van der Waals surface area contributed by atoms with Gasteiger partial charge in [-0.3, -0.25) is 9.79 Å². The topological polar surface area (TPSA) is 60.4 Å². The average Bonchev–Trinajstić information content (AvgIpc) is 3.28. The van der Waals surface area contributed by atoms with Crippen molar-refractivity contribution in [1.29, 1.82) is 0 Å². The van der Waals surface area contributed by atoms with E-state index in [1.165, 1.54) is 5.69 Å². The lowest BCUT2D eigenvalue weighted by Gasteiger charge is -2.37. The molecule has 0 bridgehead atoms. The molecule has 0 atom stereocenters. The maximum Gasteiger partial charge on any atom is 0.224 e. The zero-order valence-corrected chi connectivity index (χ0v) is 19.9. The Morgan fingerprint density at radius 3 is 2.48 bits per heavy atom. The van der Waals surface area contributed by atoms with Crippen LogP contribution in [0.25, 0.3) is 0 Å². The van der Waals surface area contributed by atoms with Crippen LogP contribution in [0.3, 0.4) is 0 Å². The van der Waals surface area contributed by atoms with Crippen molar-refractivity contribution in [2.24, 2.45) is 4.99 Å². The Bertz CT molecular complexity index is 671. The first kappa shape index (κ1) is 23.6. The smallest absolute Gasteiger partial charge is 0.224 e. The number of piperazine rings is 1. The van der Waals surface area contributed by atoms with E-state index in [2.05, 4.69) is 34.2 Å². The van der Waals surface area contributed by atoms with Crippen molar-refractivity contribution >= 4 is 41.5 Å². The van der Waals surface area contributed by atoms with Crippen molar-refractivity contribution in [2.45, 2.75) is 26.2 Å². The lowest BCUT2D eigenvalue weighted by molar-refractivity contribution is -0.129. The van der Waals surface area contributed by atoms with Crippen LogP contribution in [0.4, 0.5) is 5.69 Å². The quantitative estimate of drug-likeness (QED) is 0.359. The Labute approximate surface area is 191 Å². The molecular formula is C21H34IN5O2. The molecule has 2 heterocycles. The predicted molar refractivity (Wildman–Crippen MR) is 129 cm³/mol. The molecule has 29 heavy (non-hydrogen) atoms. The van der Waals surface area contributed by atoms with Crippen LogP contribution in [-0.2, 0) is 4.79 Å². The van der Waals surface area contributed by atoms with Crippen molar-refractivity contribution < 1.29 is 9.53 Å². The molecule has 0 radical (unpaired) electrons. The van der Waals surface area contributed by atoms with Crippen molar-refractivity contribution in [3.05, 3.63) is 24.3 Å². The van der Waals surface area contributed by atoms with Crippen LogP contribution in [0.1, 0.15) is 26.2 Å². The van der Waals surface area contributed by atoms with E-state index in [-0.39, 0.29) is 29.9 Å². The van der Waals surface area contributed by atoms with Crippen LogP contribution < -0.4 is 15.0 Å². The molecule has 1 aromatic rings. The molecule has 1 aromatic carbocycles. The molecule has 0 saturated carbocycles. The molecule has 0 aromatic heterocycles. The monoisotopic (exact) mass is 515 g/mol. The van der Waals surface area contributed by atoms with Gasteiger partial charge in [0.15, 0.2) is 5.96 Å². The van der Waals surface area contributed by atoms with Crippen LogP contribution in [0.15, 0.2) is 29.3 Å². The fourth-order valence-corrected chi connectivity index (χ4v) is 3.79. The molecule has 0 unspecified atom stereocenters. The largest absolute Gasteiger partial charge is 0.497 e. The van der Waals surface area contributed by atoms with Gasteiger partial charge < -0.3 is 24.8 Å². The number of methoxy groups -OCH3 is 1. The van der Waals surface area contributed by atoms with Gasteiger partial charge in [0.25, 0.3) is 0 Å². The number of rotatable bonds is 6. The van der Waals surface area contributed by atoms with Crippen LogP contribution in [-0.4, -0.2) is 81.1 Å². The number of carbonyl (C=O) groups is 1. The zero-order chi connectivity index (χ0) is 19.8. The molecule has 2 aliphatic rings. The third-order valence-electron chi connectivity index (χ3n) is 5.38. The molecule has 0 aliphatic carbocycles. The number of nitrogens with one attached hydrogen (secondary N) is 1. The summed E-state index contributed by atoms with van der Waals surface area (Å²) in [7, 11) is 1.70. The van der Waals surface area contributed by atoms with E-state index in [0.717, 1.165) is 70.4 Å². The molecular weight excluding hydrogens is 481 g/mol. The first-order chi connectivity index (χ1) is 13.7. The summed E-state index contributed by atoms with van der Waals surface area (Å²) in [4.78, 5) is 23.6. The van der Waals surface area contributed by atoms with E-state index in [1.807, 2.05) is 17.0 Å². The number of ether oxygens (including phenoxy) is 1. The Morgan fingerprint density at radius 1 is 1.10 bits per heavy atom. The highest BCUT2D eigenvalue weighted by atomic mass is 127. The lowest BCUT2D eigenvalue weighted by Crippen LogP contribution is -2.52. The van der Waals surface area contributed by atoms with Gasteiger partial charge in [-0.25, -0.2) is 0 Å². The minimum Gasteiger partial charge on any atom is -0.497 e. The summed E-state index contributed by atoms with van der Waals surface area (Å²) < 4.78 is 5.34. The van der Waals surface area contributed by atoms with Gasteiger partial charge in [-0.1, -0.05) is 6.07 Å². The Balaban J connectivity index is 0.00000300. The van der Waals surface area contributed by atoms with Gasteiger partial charge in [0.2, 0.25) is 5.91 Å². The van der Waals surface area contributed by atoms with E-state index >= 15 is 0 Å². The maximum absolute atomic E-state index is 12.2. The second kappa shape index (κ2) is 12.1. The molecule has 1 amide bonds. The third kappa shape index (κ3) is 6.65. The second-order valence-electron chi connectivity index (χ2n) is 7.25. The summed E-state index contributed by atoms with van der Waals surface area (Å²) in [5.74, 6) is 2.04. The normalized spacial score (nSPS) is 17.2. The number of likely N-dealkylation sites (tertiary alicyclic amines) is 1. The van der Waals surface area contributed by atoms with Crippen molar-refractivity contribution in [3.63, 3.8) is 0 Å². The van der Waals surface area contributed by atoms with Gasteiger partial charge in [0.05, 0.1) is 13.7 Å². The molecule has 1 N–H and O–H groups in total. The third-order valence-corrected chi connectivity index (χ3v) is 5.38. The zero-order valence-electron chi connectivity index (χ0n) is 17.6. The molecule has 2 saturated heterocycles. The van der Waals surface area contributed by atoms with Crippen LogP contribution >= 0.6 is 24.0 Å². The van der Waals surface area contributed by atoms with Gasteiger partial charge >= 0.3 is 0 Å². The van der Waals surface area contributed by atoms with E-state index in [4.69, 9.17) is 9.73 Å². The standard InChI is InChI=1S/C21H33N5O2.HI/c1-3-22-21(23-10-9-20(27)25-11-4-5-12-25)26-15-13-24(14-16-26)18-7-6-8-19(17-18)28-2;/h6-8,17H,3-5,9-16H2,1-2H3,(H,22,23);1H. The van der Waals surface area contributed by atoms with Crippen LogP contribution in [0.2, 0.25) is 0 Å². The number of benzene rings is 1. The fourth-order valence-electron chi connectivity index (χ4n) is 3.79. The molecule has 7 nitrogen and oxygen atoms in total. The van der Waals surface area contributed by atoms with Gasteiger partial charge in [-0.2, -0.15) is 0 Å². The number of nitrogens with zero attached hydrogens (tertiary/aromatic N) is 4. The molecule has 3 rings (SSSR count). The molecule has 0 spiro atoms. The summed E-state index contributed by atoms with van der Waals surface area (Å²) >= 11 is 0. The van der Waals surface area contributed by atoms with E-state index in [1.54, 1.807) is 7.11 Å². The highest BCUT2D eigenvalue weighted by Gasteiger charge is 2.21. The predicted octanol–water partition coefficient (Wildman–Crippen LogP) is 2.41. The van der Waals surface area contributed by atoms with E-state index < -0.39 is 0 Å². The highest BCUT2D eigenvalue weighted by Crippen LogP contribution is 2.22. The second-order valence-corrected chi connectivity index (χ2v) is 7.25. The Hall–Kier alpha value is -1.71. The van der Waals surface area contributed by atoms with Crippen molar-refractivity contribution in [1.82, 2.24) is 15.1 Å². The summed E-state index contributed by atoms with van der Waals surface area (Å²) in [6.07, 6.45) is 2.77. The number of aliphatic imine (C=N–C) groups is 1. The summed E-state index contributed by atoms with van der Waals surface area (Å²) in [5.41, 5.74) is 1.19. The average molecular weight is 515 g/mol. The molecule has 8 heteroatoms. The van der Waals surface area contributed by atoms with Crippen molar-refractivity contribution in [3.8, 4) is 5.75 Å². The minimum absolute atomic E-state index is 0. The van der Waals surface area contributed by atoms with E-state index in [9.17, 15) is 4.79 Å². The number of anilines is 1. The first-order valence-electron chi connectivity index (χ1n) is 10.4. The van der Waals surface area contributed by atoms with Gasteiger partial charge in [-0.15, -0.1) is 24.0 Å². The number of hydrogen-bond donors (Lipinski definition) is 1. The summed E-state index contributed by atoms with van der Waals surface area (Å²) in [5, 5.41) is 3.38. The number of amides is 1. The number of hydrogen-bond acceptors (Lipinski definition) is 4. The number of carbonyl (C=O) groups excluding carboxylic acids is 1. The van der Waals surface area contributed by atoms with Gasteiger partial charge in [0, 0.05) is 64.0 Å². The van der Waals surface area contributed by atoms with Gasteiger partial charge in [0.1, 0.15) is 5.75 Å². The fraction of sp³-hybridized carbons (Fsp3) is 0.619. The summed E-state index contributed by atoms with van der Waals surface area (Å²) in [6.45, 7) is 8.96. The van der Waals surface area contributed by atoms with Crippen LogP contribution in [0.5, 0.6) is 5.75 Å². The SMILES string of the molecule is CCNC(=NCCC(=O)N1CCCC1)N1CCN(c2cccc(OC)c2)CC1.I. The molecule has 2 fully saturated rings. The van der Waals surface area contributed by atoms with Crippen molar-refractivity contribution in [2.75, 3.05) is 64.4 Å². The van der Waals surface area contributed by atoms with Gasteiger partial charge in [-0.05, 0) is 31.9 Å². The van der Waals surface area contributed by atoms with E-state index in [0.29, 0.717) is 13.0 Å². The lowest BCUT2D eigenvalue weighted by atomic mass is 10.2. The Morgan fingerprint density at radius 2 is 1.83 bits per heavy atom. The maximum atomic E-state index is 12.2. The highest BCUT2D eigenvalue weighted by molar-refractivity contribution is 14.0.